The number of aromatic nitrogens is 2. The second kappa shape index (κ2) is 7.00. The number of furan rings is 1. The Morgan fingerprint density at radius 3 is 2.68 bits per heavy atom. The highest BCUT2D eigenvalue weighted by molar-refractivity contribution is 6.39. The molecule has 0 fully saturated rings. The van der Waals surface area contributed by atoms with Crippen LogP contribution in [0.2, 0.25) is 0 Å². The molecule has 2 amide bonds. The molecule has 128 valence electrons. The molecule has 0 radical (unpaired) electrons. The molecule has 0 spiro atoms. The number of halogens is 1. The highest BCUT2D eigenvalue weighted by Crippen LogP contribution is 2.24. The van der Waals surface area contributed by atoms with E-state index in [1.807, 2.05) is 0 Å². The van der Waals surface area contributed by atoms with Gasteiger partial charge in [-0.1, -0.05) is 12.1 Å². The molecule has 0 unspecified atom stereocenters. The molecule has 0 saturated carbocycles. The minimum absolute atomic E-state index is 0.00290. The van der Waals surface area contributed by atoms with Crippen molar-refractivity contribution in [2.75, 3.05) is 5.32 Å². The van der Waals surface area contributed by atoms with E-state index in [1.165, 1.54) is 10.7 Å². The highest BCUT2D eigenvalue weighted by Gasteiger charge is 2.16. The summed E-state index contributed by atoms with van der Waals surface area (Å²) in [5, 5.41) is 8.75. The van der Waals surface area contributed by atoms with E-state index in [9.17, 15) is 14.0 Å². The Labute approximate surface area is 142 Å². The first kappa shape index (κ1) is 16.4. The van der Waals surface area contributed by atoms with Crippen molar-refractivity contribution in [3.8, 4) is 11.3 Å². The van der Waals surface area contributed by atoms with Crippen LogP contribution in [0.1, 0.15) is 5.76 Å². The van der Waals surface area contributed by atoms with Gasteiger partial charge in [0, 0.05) is 19.3 Å². The van der Waals surface area contributed by atoms with Crippen LogP contribution in [-0.2, 0) is 23.2 Å². The molecule has 0 saturated heterocycles. The van der Waals surface area contributed by atoms with Gasteiger partial charge in [-0.05, 0) is 24.3 Å². The molecule has 0 aliphatic rings. The summed E-state index contributed by atoms with van der Waals surface area (Å²) in [6.07, 6.45) is 1.64. The standard InChI is InChI=1S/C17H15FN4O3/c1-22-9-8-15(21-22)20-17(24)16(23)19-10-11-6-7-14(25-11)12-4-2-3-5-13(12)18/h2-9H,10H2,1H3,(H,19,23)(H,20,21,24). The second-order valence-corrected chi connectivity index (χ2v) is 5.26. The predicted molar refractivity (Wildman–Crippen MR) is 87.8 cm³/mol. The van der Waals surface area contributed by atoms with E-state index in [0.717, 1.165) is 0 Å². The Kier molecular flexibility index (Phi) is 4.60. The van der Waals surface area contributed by atoms with Gasteiger partial charge in [0.05, 0.1) is 12.1 Å². The zero-order valence-electron chi connectivity index (χ0n) is 13.3. The Balaban J connectivity index is 1.57. The van der Waals surface area contributed by atoms with Crippen molar-refractivity contribution < 1.29 is 18.4 Å². The summed E-state index contributed by atoms with van der Waals surface area (Å²) in [7, 11) is 1.69. The third kappa shape index (κ3) is 3.92. The van der Waals surface area contributed by atoms with Crippen molar-refractivity contribution in [2.24, 2.45) is 7.05 Å². The third-order valence-corrected chi connectivity index (χ3v) is 3.39. The second-order valence-electron chi connectivity index (χ2n) is 5.26. The van der Waals surface area contributed by atoms with E-state index < -0.39 is 17.6 Å². The number of amides is 2. The largest absolute Gasteiger partial charge is 0.459 e. The van der Waals surface area contributed by atoms with Gasteiger partial charge in [0.2, 0.25) is 0 Å². The van der Waals surface area contributed by atoms with Gasteiger partial charge in [0.1, 0.15) is 17.3 Å². The predicted octanol–water partition coefficient (Wildman–Crippen LogP) is 2.07. The van der Waals surface area contributed by atoms with E-state index in [4.69, 9.17) is 4.42 Å². The zero-order chi connectivity index (χ0) is 17.8. The van der Waals surface area contributed by atoms with Crippen LogP contribution < -0.4 is 10.6 Å². The number of nitrogens with zero attached hydrogens (tertiary/aromatic N) is 2. The first-order chi connectivity index (χ1) is 12.0. The maximum Gasteiger partial charge on any atom is 0.314 e. The highest BCUT2D eigenvalue weighted by atomic mass is 19.1. The summed E-state index contributed by atoms with van der Waals surface area (Å²) in [5.41, 5.74) is 0.327. The SMILES string of the molecule is Cn1ccc(NC(=O)C(=O)NCc2ccc(-c3ccccc3F)o2)n1. The molecule has 8 heteroatoms. The number of carbonyl (C=O) groups excluding carboxylic acids is 2. The summed E-state index contributed by atoms with van der Waals surface area (Å²) in [5.74, 6) is -1.03. The smallest absolute Gasteiger partial charge is 0.314 e. The van der Waals surface area contributed by atoms with Gasteiger partial charge >= 0.3 is 11.8 Å². The molecule has 3 rings (SSSR count). The fourth-order valence-corrected chi connectivity index (χ4v) is 2.18. The van der Waals surface area contributed by atoms with Gasteiger partial charge in [-0.15, -0.1) is 0 Å². The van der Waals surface area contributed by atoms with Gasteiger partial charge in [-0.2, -0.15) is 5.10 Å². The van der Waals surface area contributed by atoms with Crippen LogP contribution in [0.4, 0.5) is 10.2 Å². The average Bonchev–Trinajstić information content (AvgIpc) is 3.22. The minimum atomic E-state index is -0.834. The van der Waals surface area contributed by atoms with Gasteiger partial charge in [-0.25, -0.2) is 4.39 Å². The number of rotatable bonds is 4. The lowest BCUT2D eigenvalue weighted by molar-refractivity contribution is -0.136. The molecule has 0 aliphatic heterocycles. The molecule has 0 bridgehead atoms. The summed E-state index contributed by atoms with van der Waals surface area (Å²) >= 11 is 0. The van der Waals surface area contributed by atoms with E-state index in [2.05, 4.69) is 15.7 Å². The summed E-state index contributed by atoms with van der Waals surface area (Å²) < 4.78 is 20.7. The molecule has 0 atom stereocenters. The maximum atomic E-state index is 13.7. The number of aryl methyl sites for hydroxylation is 1. The van der Waals surface area contributed by atoms with E-state index >= 15 is 0 Å². The van der Waals surface area contributed by atoms with Crippen LogP contribution in [-0.4, -0.2) is 21.6 Å². The van der Waals surface area contributed by atoms with Gasteiger partial charge in [0.25, 0.3) is 0 Å². The molecule has 7 nitrogen and oxygen atoms in total. The Bertz CT molecular complexity index is 916. The quantitative estimate of drug-likeness (QED) is 0.711. The monoisotopic (exact) mass is 342 g/mol. The Morgan fingerprint density at radius 1 is 1.16 bits per heavy atom. The van der Waals surface area contributed by atoms with Crippen molar-refractivity contribution >= 4 is 17.6 Å². The lowest BCUT2D eigenvalue weighted by Crippen LogP contribution is -2.35. The fourth-order valence-electron chi connectivity index (χ4n) is 2.18. The van der Waals surface area contributed by atoms with Gasteiger partial charge < -0.3 is 15.1 Å². The third-order valence-electron chi connectivity index (χ3n) is 3.39. The normalized spacial score (nSPS) is 10.5. The van der Waals surface area contributed by atoms with Crippen molar-refractivity contribution in [1.82, 2.24) is 15.1 Å². The number of carbonyl (C=O) groups is 2. The van der Waals surface area contributed by atoms with Crippen LogP contribution in [0.5, 0.6) is 0 Å². The maximum absolute atomic E-state index is 13.7. The van der Waals surface area contributed by atoms with Crippen molar-refractivity contribution in [3.63, 3.8) is 0 Å². The molecule has 1 aromatic carbocycles. The minimum Gasteiger partial charge on any atom is -0.459 e. The Morgan fingerprint density at radius 2 is 1.96 bits per heavy atom. The summed E-state index contributed by atoms with van der Waals surface area (Å²) in [4.78, 5) is 23.6. The van der Waals surface area contributed by atoms with Crippen LogP contribution in [0, 0.1) is 5.82 Å². The molecule has 2 aromatic heterocycles. The lowest BCUT2D eigenvalue weighted by atomic mass is 10.1. The molecular weight excluding hydrogens is 327 g/mol. The molecular formula is C17H15FN4O3. The van der Waals surface area contributed by atoms with E-state index in [-0.39, 0.29) is 12.4 Å². The number of hydrogen-bond acceptors (Lipinski definition) is 4. The number of benzene rings is 1. The van der Waals surface area contributed by atoms with Crippen LogP contribution in [0.15, 0.2) is 53.1 Å². The first-order valence-electron chi connectivity index (χ1n) is 7.45. The van der Waals surface area contributed by atoms with Crippen molar-refractivity contribution in [2.45, 2.75) is 6.54 Å². The van der Waals surface area contributed by atoms with Crippen molar-refractivity contribution in [3.05, 3.63) is 60.2 Å². The molecule has 2 N–H and O–H groups in total. The summed E-state index contributed by atoms with van der Waals surface area (Å²) in [6, 6.07) is 11.0. The van der Waals surface area contributed by atoms with Gasteiger partial charge in [0.15, 0.2) is 5.82 Å². The number of nitrogens with one attached hydrogen (secondary N) is 2. The molecule has 25 heavy (non-hydrogen) atoms. The molecule has 0 aliphatic carbocycles. The van der Waals surface area contributed by atoms with E-state index in [0.29, 0.717) is 17.1 Å². The topological polar surface area (TPSA) is 89.2 Å². The van der Waals surface area contributed by atoms with Crippen LogP contribution >= 0.6 is 0 Å². The average molecular weight is 342 g/mol. The van der Waals surface area contributed by atoms with Gasteiger partial charge in [-0.3, -0.25) is 14.3 Å². The molecule has 2 heterocycles. The first-order valence-corrected chi connectivity index (χ1v) is 7.45. The van der Waals surface area contributed by atoms with Crippen LogP contribution in [0.25, 0.3) is 11.3 Å². The summed E-state index contributed by atoms with van der Waals surface area (Å²) in [6.45, 7) is 0.00290. The van der Waals surface area contributed by atoms with Crippen LogP contribution in [0.3, 0.4) is 0 Å². The zero-order valence-corrected chi connectivity index (χ0v) is 13.3. The Hall–Kier alpha value is -3.42. The van der Waals surface area contributed by atoms with E-state index in [1.54, 1.807) is 49.6 Å². The fraction of sp³-hybridized carbons (Fsp3) is 0.118. The number of anilines is 1. The van der Waals surface area contributed by atoms with Crippen molar-refractivity contribution in [1.29, 1.82) is 0 Å². The lowest BCUT2D eigenvalue weighted by Gasteiger charge is -2.03. The molecule has 3 aromatic rings. The number of hydrogen-bond donors (Lipinski definition) is 2.